The maximum absolute atomic E-state index is 14.1. The van der Waals surface area contributed by atoms with Crippen molar-refractivity contribution in [3.63, 3.8) is 0 Å². The van der Waals surface area contributed by atoms with Crippen molar-refractivity contribution in [2.24, 2.45) is 29.6 Å². The molecule has 7 atom stereocenters. The minimum Gasteiger partial charge on any atom is -0.483 e. The molecule has 6 unspecified atom stereocenters. The van der Waals surface area contributed by atoms with Gasteiger partial charge < -0.3 is 15.0 Å². The first-order chi connectivity index (χ1) is 22.2. The predicted octanol–water partition coefficient (Wildman–Crippen LogP) is 6.40. The molecule has 0 radical (unpaired) electrons. The molecule has 2 bridgehead atoms. The zero-order chi connectivity index (χ0) is 31.9. The molecule has 2 aliphatic heterocycles. The van der Waals surface area contributed by atoms with Crippen LogP contribution in [0, 0.1) is 43.4 Å². The minimum atomic E-state index is -0.427. The molecule has 3 amide bonds. The Morgan fingerprint density at radius 1 is 0.978 bits per heavy atom. The highest BCUT2D eigenvalue weighted by molar-refractivity contribution is 8.00. The van der Waals surface area contributed by atoms with Gasteiger partial charge in [-0.25, -0.2) is 0 Å². The second-order valence-electron chi connectivity index (χ2n) is 12.7. The molecule has 1 saturated heterocycles. The Kier molecular flexibility index (Phi) is 7.15. The Balaban J connectivity index is 1.14. The van der Waals surface area contributed by atoms with Crippen LogP contribution in [-0.4, -0.2) is 34.6 Å². The second-order valence-corrected chi connectivity index (χ2v) is 15.3. The van der Waals surface area contributed by atoms with Crippen LogP contribution < -0.4 is 19.8 Å². The number of nitrogens with zero attached hydrogens (tertiary/aromatic N) is 1. The van der Waals surface area contributed by atoms with Crippen molar-refractivity contribution in [2.75, 3.05) is 16.8 Å². The number of hydrogen-bond donors (Lipinski definition) is 2. The number of H-pyrrole nitrogens is 1. The Morgan fingerprint density at radius 3 is 2.50 bits per heavy atom. The Bertz CT molecular complexity index is 1970. The quantitative estimate of drug-likeness (QED) is 0.230. The molecule has 11 heteroatoms. The third kappa shape index (κ3) is 4.72. The second kappa shape index (κ2) is 11.1. The lowest BCUT2D eigenvalue weighted by molar-refractivity contribution is -0.123. The highest BCUT2D eigenvalue weighted by atomic mass is 35.5. The SMILES string of the molecule is Cc1ccc(N2C(=O)C3C4CC(C3C2=O)C2C4Sc3[nH]c(=O)sc3[C@@H]2c2cc(Cl)ccc2OCC(=O)Nc2cccc(C)c2)cc1. The number of benzene rings is 3. The van der Waals surface area contributed by atoms with E-state index in [1.165, 1.54) is 4.90 Å². The normalized spacial score (nSPS) is 27.4. The molecule has 8 rings (SSSR count). The molecule has 8 nitrogen and oxygen atoms in total. The summed E-state index contributed by atoms with van der Waals surface area (Å²) in [6, 6.07) is 20.4. The number of thioether (sulfide) groups is 1. The minimum absolute atomic E-state index is 0.0140. The van der Waals surface area contributed by atoms with Gasteiger partial charge in [-0.3, -0.25) is 24.1 Å². The number of hydrogen-bond acceptors (Lipinski definition) is 7. The number of rotatable bonds is 6. The fraction of sp³-hybridized carbons (Fsp3) is 0.314. The van der Waals surface area contributed by atoms with Gasteiger partial charge in [0.05, 0.1) is 22.5 Å². The van der Waals surface area contributed by atoms with Gasteiger partial charge in [-0.1, -0.05) is 52.8 Å². The molecular formula is C35H30ClN3O5S2. The van der Waals surface area contributed by atoms with E-state index in [0.29, 0.717) is 22.1 Å². The van der Waals surface area contributed by atoms with E-state index >= 15 is 0 Å². The summed E-state index contributed by atoms with van der Waals surface area (Å²) in [4.78, 5) is 58.8. The van der Waals surface area contributed by atoms with E-state index in [1.54, 1.807) is 23.9 Å². The maximum Gasteiger partial charge on any atom is 0.305 e. The van der Waals surface area contributed by atoms with E-state index in [2.05, 4.69) is 10.3 Å². The van der Waals surface area contributed by atoms with Gasteiger partial charge in [-0.15, -0.1) is 11.8 Å². The molecule has 3 aromatic carbocycles. The molecule has 1 aromatic heterocycles. The van der Waals surface area contributed by atoms with E-state index in [-0.39, 0.29) is 64.0 Å². The number of halogens is 1. The lowest BCUT2D eigenvalue weighted by atomic mass is 9.68. The van der Waals surface area contributed by atoms with E-state index in [4.69, 9.17) is 16.3 Å². The van der Waals surface area contributed by atoms with Crippen LogP contribution in [-0.2, 0) is 14.4 Å². The number of aryl methyl sites for hydroxylation is 2. The van der Waals surface area contributed by atoms with Gasteiger partial charge in [-0.05, 0) is 86.1 Å². The molecular weight excluding hydrogens is 642 g/mol. The number of fused-ring (bicyclic) bond motifs is 9. The third-order valence-electron chi connectivity index (χ3n) is 9.98. The van der Waals surface area contributed by atoms with Gasteiger partial charge in [0.15, 0.2) is 6.61 Å². The fourth-order valence-electron chi connectivity index (χ4n) is 8.27. The van der Waals surface area contributed by atoms with Crippen LogP contribution in [0.1, 0.15) is 33.9 Å². The molecule has 4 aromatic rings. The van der Waals surface area contributed by atoms with Gasteiger partial charge in [0, 0.05) is 32.3 Å². The van der Waals surface area contributed by atoms with Gasteiger partial charge in [0.2, 0.25) is 11.8 Å². The third-order valence-corrected chi connectivity index (χ3v) is 12.8. The summed E-state index contributed by atoms with van der Waals surface area (Å²) in [5.41, 5.74) is 4.16. The first kappa shape index (κ1) is 29.5. The molecule has 2 N–H and O–H groups in total. The Morgan fingerprint density at radius 2 is 1.74 bits per heavy atom. The first-order valence-electron chi connectivity index (χ1n) is 15.3. The first-order valence-corrected chi connectivity index (χ1v) is 17.4. The monoisotopic (exact) mass is 671 g/mol. The van der Waals surface area contributed by atoms with Crippen molar-refractivity contribution in [3.8, 4) is 5.75 Å². The van der Waals surface area contributed by atoms with Gasteiger partial charge in [0.25, 0.3) is 5.91 Å². The van der Waals surface area contributed by atoms with E-state index < -0.39 is 5.92 Å². The van der Waals surface area contributed by atoms with Crippen molar-refractivity contribution in [1.29, 1.82) is 0 Å². The zero-order valence-corrected chi connectivity index (χ0v) is 27.4. The Hall–Kier alpha value is -3.86. The van der Waals surface area contributed by atoms with E-state index in [9.17, 15) is 19.2 Å². The predicted molar refractivity (Wildman–Crippen MR) is 179 cm³/mol. The van der Waals surface area contributed by atoms with Crippen molar-refractivity contribution < 1.29 is 19.1 Å². The van der Waals surface area contributed by atoms with Crippen LogP contribution in [0.4, 0.5) is 11.4 Å². The molecule has 2 aliphatic carbocycles. The van der Waals surface area contributed by atoms with Crippen LogP contribution in [0.5, 0.6) is 5.75 Å². The van der Waals surface area contributed by atoms with Crippen LogP contribution in [0.2, 0.25) is 5.02 Å². The van der Waals surface area contributed by atoms with Gasteiger partial charge >= 0.3 is 4.87 Å². The highest BCUT2D eigenvalue weighted by Gasteiger charge is 2.69. The highest BCUT2D eigenvalue weighted by Crippen LogP contribution is 2.69. The molecule has 234 valence electrons. The molecule has 3 heterocycles. The maximum atomic E-state index is 14.1. The van der Waals surface area contributed by atoms with Crippen LogP contribution in [0.25, 0.3) is 0 Å². The van der Waals surface area contributed by atoms with Crippen molar-refractivity contribution in [3.05, 3.63) is 103 Å². The van der Waals surface area contributed by atoms with Crippen LogP contribution in [0.3, 0.4) is 0 Å². The Labute approximate surface area is 278 Å². The molecule has 3 fully saturated rings. The lowest BCUT2D eigenvalue weighted by Gasteiger charge is -2.43. The summed E-state index contributed by atoms with van der Waals surface area (Å²) in [7, 11) is 0. The molecule has 0 spiro atoms. The van der Waals surface area contributed by atoms with Crippen molar-refractivity contribution >= 4 is 63.8 Å². The summed E-state index contributed by atoms with van der Waals surface area (Å²) < 4.78 is 6.18. The smallest absolute Gasteiger partial charge is 0.305 e. The average molecular weight is 672 g/mol. The van der Waals surface area contributed by atoms with E-state index in [0.717, 1.165) is 44.4 Å². The summed E-state index contributed by atoms with van der Waals surface area (Å²) >= 11 is 9.38. The van der Waals surface area contributed by atoms with Crippen molar-refractivity contribution in [1.82, 2.24) is 4.98 Å². The van der Waals surface area contributed by atoms with Crippen molar-refractivity contribution in [2.45, 2.75) is 36.5 Å². The molecule has 2 saturated carbocycles. The summed E-state index contributed by atoms with van der Waals surface area (Å²) in [5.74, 6) is -1.30. The number of imide groups is 1. The number of anilines is 2. The number of carbonyl (C=O) groups excluding carboxylic acids is 3. The summed E-state index contributed by atoms with van der Waals surface area (Å²) in [6.45, 7) is 3.71. The number of aromatic amines is 1. The zero-order valence-electron chi connectivity index (χ0n) is 25.0. The van der Waals surface area contributed by atoms with E-state index in [1.807, 2.05) is 68.4 Å². The lowest BCUT2D eigenvalue weighted by Crippen LogP contribution is -2.42. The number of amides is 3. The largest absolute Gasteiger partial charge is 0.483 e. The average Bonchev–Trinajstić information content (AvgIpc) is 3.76. The molecule has 4 aliphatic rings. The number of carbonyl (C=O) groups is 3. The van der Waals surface area contributed by atoms with Crippen LogP contribution >= 0.6 is 34.7 Å². The number of aromatic nitrogens is 1. The molecule has 46 heavy (non-hydrogen) atoms. The standard InChI is InChI=1S/C35H30ClN3O5S2/c1-16-6-9-20(10-7-16)39-33(41)28-22-14-23(29(28)34(39)42)30-27(22)26(31-32(45-30)38-35(43)46-31)21-13-18(36)8-11-24(21)44-15-25(40)37-19-5-3-4-17(2)12-19/h3-13,22-23,26-30H,14-15H2,1-2H3,(H,37,40)(H,38,43)/t22?,23?,26-,27?,28?,29?,30?/m1/s1. The number of thiazole rings is 1. The summed E-state index contributed by atoms with van der Waals surface area (Å²) in [6.07, 6.45) is 0.766. The van der Waals surface area contributed by atoms with Gasteiger partial charge in [0.1, 0.15) is 5.75 Å². The van der Waals surface area contributed by atoms with Gasteiger partial charge in [-0.2, -0.15) is 0 Å². The topological polar surface area (TPSA) is 109 Å². The number of nitrogens with one attached hydrogen (secondary N) is 2. The van der Waals surface area contributed by atoms with Crippen LogP contribution in [0.15, 0.2) is 76.6 Å². The summed E-state index contributed by atoms with van der Waals surface area (Å²) in [5, 5.41) is 4.19. The number of ether oxygens (including phenoxy) is 1. The fourth-order valence-corrected chi connectivity index (χ4v) is 11.3.